The fourth-order valence-corrected chi connectivity index (χ4v) is 1.62. The quantitative estimate of drug-likeness (QED) is 0.799. The van der Waals surface area contributed by atoms with Gasteiger partial charge < -0.3 is 10.8 Å². The maximum absolute atomic E-state index is 12.0. The van der Waals surface area contributed by atoms with Gasteiger partial charge >= 0.3 is 0 Å². The number of carbonyl (C=O) groups excluding carboxylic acids is 1. The van der Waals surface area contributed by atoms with E-state index >= 15 is 0 Å². The van der Waals surface area contributed by atoms with E-state index in [-0.39, 0.29) is 11.5 Å². The third-order valence-corrected chi connectivity index (χ3v) is 3.12. The van der Waals surface area contributed by atoms with Crippen LogP contribution in [0.1, 0.15) is 32.3 Å². The van der Waals surface area contributed by atoms with Gasteiger partial charge in [-0.05, 0) is 30.5 Å². The number of phenols is 1. The first-order valence-electron chi connectivity index (χ1n) is 5.62. The highest BCUT2D eigenvalue weighted by Crippen LogP contribution is 2.17. The lowest BCUT2D eigenvalue weighted by atomic mass is 9.86. The first-order valence-corrected chi connectivity index (χ1v) is 5.62. The summed E-state index contributed by atoms with van der Waals surface area (Å²) < 4.78 is 0. The highest BCUT2D eigenvalue weighted by molar-refractivity contribution is 5.89. The highest BCUT2D eigenvalue weighted by atomic mass is 16.3. The van der Waals surface area contributed by atoms with Crippen molar-refractivity contribution in [2.24, 2.45) is 5.73 Å². The van der Waals surface area contributed by atoms with E-state index in [9.17, 15) is 4.79 Å². The molecule has 1 aromatic rings. The predicted molar refractivity (Wildman–Crippen MR) is 64.3 cm³/mol. The van der Waals surface area contributed by atoms with Gasteiger partial charge in [-0.25, -0.2) is 0 Å². The third-order valence-electron chi connectivity index (χ3n) is 3.12. The van der Waals surface area contributed by atoms with Crippen LogP contribution in [0.3, 0.4) is 0 Å². The molecule has 0 bridgehead atoms. The SMILES string of the molecule is CCC(N)(CC)C(=O)Cc1ccc(O)cc1. The predicted octanol–water partition coefficient (Wildman–Crippen LogP) is 2.02. The molecule has 3 N–H and O–H groups in total. The molecule has 0 aromatic heterocycles. The van der Waals surface area contributed by atoms with Gasteiger partial charge in [0, 0.05) is 6.42 Å². The lowest BCUT2D eigenvalue weighted by Crippen LogP contribution is -2.47. The van der Waals surface area contributed by atoms with Crippen LogP contribution >= 0.6 is 0 Å². The van der Waals surface area contributed by atoms with Gasteiger partial charge in [-0.3, -0.25) is 4.79 Å². The molecule has 0 saturated heterocycles. The number of benzene rings is 1. The van der Waals surface area contributed by atoms with Gasteiger partial charge in [0.15, 0.2) is 5.78 Å². The fourth-order valence-electron chi connectivity index (χ4n) is 1.62. The molecule has 1 aromatic carbocycles. The lowest BCUT2D eigenvalue weighted by Gasteiger charge is -2.24. The Balaban J connectivity index is 2.74. The fraction of sp³-hybridized carbons (Fsp3) is 0.462. The molecule has 3 nitrogen and oxygen atoms in total. The molecular weight excluding hydrogens is 202 g/mol. The van der Waals surface area contributed by atoms with Gasteiger partial charge in [0.2, 0.25) is 0 Å². The van der Waals surface area contributed by atoms with Crippen molar-refractivity contribution < 1.29 is 9.90 Å². The molecule has 0 amide bonds. The Labute approximate surface area is 96.3 Å². The molecule has 0 atom stereocenters. The Morgan fingerprint density at radius 1 is 1.25 bits per heavy atom. The third kappa shape index (κ3) is 2.83. The maximum atomic E-state index is 12.0. The molecule has 16 heavy (non-hydrogen) atoms. The van der Waals surface area contributed by atoms with Gasteiger partial charge in [0.25, 0.3) is 0 Å². The van der Waals surface area contributed by atoms with E-state index in [1.807, 2.05) is 13.8 Å². The average molecular weight is 221 g/mol. The molecule has 0 aliphatic heterocycles. The number of carbonyl (C=O) groups is 1. The summed E-state index contributed by atoms with van der Waals surface area (Å²) in [6, 6.07) is 6.66. The van der Waals surface area contributed by atoms with Crippen LogP contribution in [0.4, 0.5) is 0 Å². The second kappa shape index (κ2) is 5.12. The van der Waals surface area contributed by atoms with E-state index in [1.165, 1.54) is 0 Å². The van der Waals surface area contributed by atoms with E-state index in [4.69, 9.17) is 10.8 Å². The standard InChI is InChI=1S/C13H19NO2/c1-3-13(14,4-2)12(16)9-10-5-7-11(15)8-6-10/h5-8,15H,3-4,9,14H2,1-2H3. The van der Waals surface area contributed by atoms with Gasteiger partial charge in [-0.1, -0.05) is 26.0 Å². The van der Waals surface area contributed by atoms with Crippen molar-refractivity contribution in [1.82, 2.24) is 0 Å². The summed E-state index contributed by atoms with van der Waals surface area (Å²) in [5.74, 6) is 0.268. The van der Waals surface area contributed by atoms with Crippen LogP contribution in [-0.2, 0) is 11.2 Å². The average Bonchev–Trinajstić information content (AvgIpc) is 2.31. The Morgan fingerprint density at radius 2 is 1.75 bits per heavy atom. The van der Waals surface area contributed by atoms with Crippen LogP contribution in [0.15, 0.2) is 24.3 Å². The molecular formula is C13H19NO2. The van der Waals surface area contributed by atoms with Crippen molar-refractivity contribution in [3.63, 3.8) is 0 Å². The van der Waals surface area contributed by atoms with Crippen LogP contribution in [-0.4, -0.2) is 16.4 Å². The zero-order chi connectivity index (χ0) is 12.2. The largest absolute Gasteiger partial charge is 0.508 e. The number of aromatic hydroxyl groups is 1. The molecule has 0 heterocycles. The molecule has 1 rings (SSSR count). The van der Waals surface area contributed by atoms with Crippen LogP contribution in [0.25, 0.3) is 0 Å². The highest BCUT2D eigenvalue weighted by Gasteiger charge is 2.29. The molecule has 0 radical (unpaired) electrons. The van der Waals surface area contributed by atoms with Crippen molar-refractivity contribution in [1.29, 1.82) is 0 Å². The minimum atomic E-state index is -0.710. The van der Waals surface area contributed by atoms with Gasteiger partial charge in [0.1, 0.15) is 5.75 Å². The van der Waals surface area contributed by atoms with Crippen molar-refractivity contribution in [3.8, 4) is 5.75 Å². The Bertz CT molecular complexity index is 353. The van der Waals surface area contributed by atoms with Crippen LogP contribution in [0.5, 0.6) is 5.75 Å². The number of hydrogen-bond donors (Lipinski definition) is 2. The number of hydrogen-bond acceptors (Lipinski definition) is 3. The monoisotopic (exact) mass is 221 g/mol. The molecule has 0 saturated carbocycles. The minimum Gasteiger partial charge on any atom is -0.508 e. The first-order chi connectivity index (χ1) is 7.51. The van der Waals surface area contributed by atoms with Crippen molar-refractivity contribution in [2.45, 2.75) is 38.6 Å². The number of ketones is 1. The van der Waals surface area contributed by atoms with Crippen molar-refractivity contribution in [3.05, 3.63) is 29.8 Å². The minimum absolute atomic E-state index is 0.0585. The van der Waals surface area contributed by atoms with Crippen LogP contribution < -0.4 is 5.73 Å². The molecule has 0 aliphatic carbocycles. The first kappa shape index (κ1) is 12.7. The lowest BCUT2D eigenvalue weighted by molar-refractivity contribution is -0.123. The van der Waals surface area contributed by atoms with E-state index in [1.54, 1.807) is 24.3 Å². The van der Waals surface area contributed by atoms with Crippen LogP contribution in [0.2, 0.25) is 0 Å². The summed E-state index contributed by atoms with van der Waals surface area (Å²) in [4.78, 5) is 12.0. The van der Waals surface area contributed by atoms with E-state index in [2.05, 4.69) is 0 Å². The van der Waals surface area contributed by atoms with Gasteiger partial charge in [-0.2, -0.15) is 0 Å². The van der Waals surface area contributed by atoms with E-state index in [0.717, 1.165) is 5.56 Å². The Kier molecular flexibility index (Phi) is 4.07. The number of Topliss-reactive ketones (excluding diaryl/α,β-unsaturated/α-hetero) is 1. The maximum Gasteiger partial charge on any atom is 0.156 e. The summed E-state index contributed by atoms with van der Waals surface area (Å²) in [5, 5.41) is 9.13. The molecule has 3 heteroatoms. The van der Waals surface area contributed by atoms with Crippen molar-refractivity contribution >= 4 is 5.78 Å². The topological polar surface area (TPSA) is 63.3 Å². The van der Waals surface area contributed by atoms with Gasteiger partial charge in [0.05, 0.1) is 5.54 Å². The number of nitrogens with two attached hydrogens (primary N) is 1. The summed E-state index contributed by atoms with van der Waals surface area (Å²) in [5.41, 5.74) is 6.20. The summed E-state index contributed by atoms with van der Waals surface area (Å²) in [7, 11) is 0. The molecule has 0 fully saturated rings. The van der Waals surface area contributed by atoms with E-state index in [0.29, 0.717) is 19.3 Å². The van der Waals surface area contributed by atoms with Crippen molar-refractivity contribution in [2.75, 3.05) is 0 Å². The smallest absolute Gasteiger partial charge is 0.156 e. The Hall–Kier alpha value is -1.35. The zero-order valence-electron chi connectivity index (χ0n) is 9.86. The summed E-state index contributed by atoms with van der Waals surface area (Å²) in [6.07, 6.45) is 1.64. The number of phenolic OH excluding ortho intramolecular Hbond substituents is 1. The van der Waals surface area contributed by atoms with Gasteiger partial charge in [-0.15, -0.1) is 0 Å². The Morgan fingerprint density at radius 3 is 2.19 bits per heavy atom. The molecule has 0 aliphatic rings. The molecule has 0 spiro atoms. The van der Waals surface area contributed by atoms with Crippen LogP contribution in [0, 0.1) is 0 Å². The molecule has 0 unspecified atom stereocenters. The summed E-state index contributed by atoms with van der Waals surface area (Å²) >= 11 is 0. The normalized spacial score (nSPS) is 11.4. The second-order valence-electron chi connectivity index (χ2n) is 4.13. The molecule has 88 valence electrons. The van der Waals surface area contributed by atoms with E-state index < -0.39 is 5.54 Å². The number of rotatable bonds is 5. The zero-order valence-corrected chi connectivity index (χ0v) is 9.86. The summed E-state index contributed by atoms with van der Waals surface area (Å²) in [6.45, 7) is 3.86. The second-order valence-corrected chi connectivity index (χ2v) is 4.13.